The smallest absolute Gasteiger partial charge is 0.255 e. The molecule has 4 aromatic rings. The lowest BCUT2D eigenvalue weighted by atomic mass is 10.0. The number of hydrogen-bond acceptors (Lipinski definition) is 9. The van der Waals surface area contributed by atoms with Crippen molar-refractivity contribution in [1.82, 2.24) is 20.2 Å². The molecule has 2 atom stereocenters. The Morgan fingerprint density at radius 3 is 2.45 bits per heavy atom. The molecule has 0 spiro atoms. The Kier molecular flexibility index (Phi) is 12.8. The van der Waals surface area contributed by atoms with Crippen molar-refractivity contribution in [2.24, 2.45) is 0 Å². The molecule has 6 rings (SSSR count). The van der Waals surface area contributed by atoms with Gasteiger partial charge < -0.3 is 25.0 Å². The molecule has 12 heteroatoms. The predicted octanol–water partition coefficient (Wildman–Crippen LogP) is 8.26. The monoisotopic (exact) mass is 784 g/mol. The maximum atomic E-state index is 13.1. The minimum Gasteiger partial charge on any atom is -0.493 e. The molecular formula is C41H49BrN6O5. The zero-order valence-electron chi connectivity index (χ0n) is 30.8. The molecule has 3 aromatic carbocycles. The van der Waals surface area contributed by atoms with Crippen molar-refractivity contribution in [3.8, 4) is 11.5 Å². The largest absolute Gasteiger partial charge is 0.493 e. The van der Waals surface area contributed by atoms with E-state index in [4.69, 9.17) is 19.4 Å². The fraction of sp³-hybridized carbons (Fsp3) is 0.439. The van der Waals surface area contributed by atoms with Crippen molar-refractivity contribution in [2.45, 2.75) is 96.7 Å². The topological polar surface area (TPSA) is 135 Å². The summed E-state index contributed by atoms with van der Waals surface area (Å²) in [6.45, 7) is 5.83. The lowest BCUT2D eigenvalue weighted by Crippen LogP contribution is -2.52. The predicted molar refractivity (Wildman–Crippen MR) is 210 cm³/mol. The first-order valence-electron chi connectivity index (χ1n) is 18.7. The third-order valence-corrected chi connectivity index (χ3v) is 10.5. The number of anilines is 2. The minimum atomic E-state index is -0.601. The van der Waals surface area contributed by atoms with Gasteiger partial charge in [0, 0.05) is 52.2 Å². The Balaban J connectivity index is 0.879. The highest BCUT2D eigenvalue weighted by molar-refractivity contribution is 9.10. The van der Waals surface area contributed by atoms with Crippen LogP contribution in [-0.4, -0.2) is 58.9 Å². The molecule has 0 bridgehead atoms. The number of ether oxygens (including phenoxy) is 2. The summed E-state index contributed by atoms with van der Waals surface area (Å²) in [4.78, 5) is 48.0. The maximum Gasteiger partial charge on any atom is 0.255 e. The number of benzene rings is 3. The van der Waals surface area contributed by atoms with Crippen molar-refractivity contribution in [3.05, 3.63) is 81.6 Å². The summed E-state index contributed by atoms with van der Waals surface area (Å²) in [5, 5.41) is 10.3. The van der Waals surface area contributed by atoms with Crippen LogP contribution in [0.15, 0.2) is 59.1 Å². The molecule has 3 N–H and O–H groups in total. The van der Waals surface area contributed by atoms with Crippen LogP contribution in [0.5, 0.6) is 11.5 Å². The number of rotatable bonds is 18. The first-order valence-corrected chi connectivity index (χ1v) is 19.5. The molecule has 1 saturated heterocycles. The van der Waals surface area contributed by atoms with Gasteiger partial charge in [-0.1, -0.05) is 72.7 Å². The standard InChI is InChI=1S/C41H49BrN6O5/c1-26(28-14-12-15-29(42)22-28)44-39-31-23-36(52-3)37(24-34(31)45-27(2)46-39)53-21-11-9-7-5-4-6-8-10-20-43-33-17-13-16-30-32(33)25-48(41(30)51)35-18-19-38(49)47-40(35)50/h12-17,22-24,26,35,43H,4-11,18-21,25H2,1-3H3,(H,44,45,46)(H,47,49,50)/t26-,35?/m1/s1. The molecule has 3 heterocycles. The SMILES string of the molecule is COc1cc2c(N[C@H](C)c3cccc(Br)c3)nc(C)nc2cc1OCCCCCCCCCCNc1cccc2c1CN(C1CCC(=O)NC1=O)C2=O. The summed E-state index contributed by atoms with van der Waals surface area (Å²) in [5.74, 6) is 1.99. The van der Waals surface area contributed by atoms with E-state index >= 15 is 0 Å². The van der Waals surface area contributed by atoms with Gasteiger partial charge in [-0.2, -0.15) is 0 Å². The van der Waals surface area contributed by atoms with Gasteiger partial charge in [-0.05, 0) is 69.0 Å². The van der Waals surface area contributed by atoms with Gasteiger partial charge in [0.1, 0.15) is 17.7 Å². The van der Waals surface area contributed by atoms with Crippen LogP contribution >= 0.6 is 15.9 Å². The van der Waals surface area contributed by atoms with Crippen LogP contribution in [0.25, 0.3) is 10.9 Å². The number of fused-ring (bicyclic) bond motifs is 2. The summed E-state index contributed by atoms with van der Waals surface area (Å²) in [6, 6.07) is 17.3. The van der Waals surface area contributed by atoms with Crippen molar-refractivity contribution in [2.75, 3.05) is 30.9 Å². The van der Waals surface area contributed by atoms with Crippen LogP contribution in [0.2, 0.25) is 0 Å². The highest BCUT2D eigenvalue weighted by atomic mass is 79.9. The number of aryl methyl sites for hydroxylation is 1. The molecule has 1 fully saturated rings. The molecule has 2 aliphatic rings. The summed E-state index contributed by atoms with van der Waals surface area (Å²) < 4.78 is 13.0. The second-order valence-electron chi connectivity index (χ2n) is 13.9. The fourth-order valence-corrected chi connectivity index (χ4v) is 7.56. The Morgan fingerprint density at radius 2 is 1.70 bits per heavy atom. The van der Waals surface area contributed by atoms with Crippen LogP contribution in [-0.2, 0) is 16.1 Å². The Hall–Kier alpha value is -4.71. The van der Waals surface area contributed by atoms with Gasteiger partial charge in [0.15, 0.2) is 11.5 Å². The molecule has 3 amide bonds. The zero-order valence-corrected chi connectivity index (χ0v) is 32.4. The Labute approximate surface area is 319 Å². The average molecular weight is 786 g/mol. The average Bonchev–Trinajstić information content (AvgIpc) is 3.47. The summed E-state index contributed by atoms with van der Waals surface area (Å²) in [5.41, 5.74) is 4.47. The van der Waals surface area contributed by atoms with Gasteiger partial charge in [-0.3, -0.25) is 19.7 Å². The lowest BCUT2D eigenvalue weighted by Gasteiger charge is -2.29. The molecule has 0 radical (unpaired) electrons. The van der Waals surface area contributed by atoms with E-state index in [1.54, 1.807) is 12.0 Å². The molecule has 2 aliphatic heterocycles. The molecule has 0 aliphatic carbocycles. The number of hydrogen-bond donors (Lipinski definition) is 3. The third-order valence-electron chi connectivity index (χ3n) is 10.0. The van der Waals surface area contributed by atoms with Crippen molar-refractivity contribution >= 4 is 56.1 Å². The van der Waals surface area contributed by atoms with Crippen LogP contribution in [0.3, 0.4) is 0 Å². The van der Waals surface area contributed by atoms with E-state index in [1.807, 2.05) is 49.4 Å². The Bertz CT molecular complexity index is 1950. The van der Waals surface area contributed by atoms with Crippen molar-refractivity contribution in [3.63, 3.8) is 0 Å². The lowest BCUT2D eigenvalue weighted by molar-refractivity contribution is -0.136. The number of nitrogens with one attached hydrogen (secondary N) is 3. The Morgan fingerprint density at radius 1 is 0.943 bits per heavy atom. The van der Waals surface area contributed by atoms with E-state index in [1.165, 1.54) is 25.7 Å². The number of nitrogens with zero attached hydrogens (tertiary/aromatic N) is 3. The van der Waals surface area contributed by atoms with Gasteiger partial charge in [-0.15, -0.1) is 0 Å². The number of carbonyl (C=O) groups is 3. The highest BCUT2D eigenvalue weighted by Gasteiger charge is 2.39. The first kappa shape index (κ1) is 38.0. The molecule has 11 nitrogen and oxygen atoms in total. The van der Waals surface area contributed by atoms with Crippen LogP contribution in [0.4, 0.5) is 11.5 Å². The summed E-state index contributed by atoms with van der Waals surface area (Å²) in [6.07, 6.45) is 9.62. The number of imide groups is 1. The van der Waals surface area contributed by atoms with E-state index in [9.17, 15) is 14.4 Å². The number of piperidine rings is 1. The number of unbranched alkanes of at least 4 members (excludes halogenated alkanes) is 7. The van der Waals surface area contributed by atoms with Crippen molar-refractivity contribution in [1.29, 1.82) is 0 Å². The summed E-state index contributed by atoms with van der Waals surface area (Å²) in [7, 11) is 1.66. The van der Waals surface area contributed by atoms with Crippen LogP contribution in [0, 0.1) is 6.92 Å². The number of halogens is 1. The van der Waals surface area contributed by atoms with Gasteiger partial charge in [0.2, 0.25) is 11.8 Å². The first-order chi connectivity index (χ1) is 25.7. The summed E-state index contributed by atoms with van der Waals surface area (Å²) >= 11 is 3.56. The number of methoxy groups -OCH3 is 1. The normalized spacial score (nSPS) is 16.0. The second kappa shape index (κ2) is 17.9. The third kappa shape index (κ3) is 9.45. The molecule has 280 valence electrons. The second-order valence-corrected chi connectivity index (χ2v) is 14.8. The number of carbonyl (C=O) groups excluding carboxylic acids is 3. The molecule has 0 saturated carbocycles. The number of aromatic nitrogens is 2. The maximum absolute atomic E-state index is 13.1. The van der Waals surface area contributed by atoms with Gasteiger partial charge in [0.05, 0.1) is 25.3 Å². The highest BCUT2D eigenvalue weighted by Crippen LogP contribution is 2.36. The zero-order chi connectivity index (χ0) is 37.3. The van der Waals surface area contributed by atoms with Gasteiger partial charge in [0.25, 0.3) is 5.91 Å². The van der Waals surface area contributed by atoms with E-state index < -0.39 is 6.04 Å². The quantitative estimate of drug-likeness (QED) is 0.0674. The minimum absolute atomic E-state index is 0.0433. The number of amides is 3. The molecule has 1 unspecified atom stereocenters. The molecule has 1 aromatic heterocycles. The fourth-order valence-electron chi connectivity index (χ4n) is 7.14. The van der Waals surface area contributed by atoms with Crippen LogP contribution in [0.1, 0.15) is 104 Å². The van der Waals surface area contributed by atoms with Crippen LogP contribution < -0.4 is 25.4 Å². The van der Waals surface area contributed by atoms with Gasteiger partial charge >= 0.3 is 0 Å². The van der Waals surface area contributed by atoms with E-state index in [-0.39, 0.29) is 30.2 Å². The van der Waals surface area contributed by atoms with Crippen molar-refractivity contribution < 1.29 is 23.9 Å². The van der Waals surface area contributed by atoms with E-state index in [0.717, 1.165) is 70.2 Å². The molecular weight excluding hydrogens is 736 g/mol. The van der Waals surface area contributed by atoms with E-state index in [2.05, 4.69) is 50.9 Å². The van der Waals surface area contributed by atoms with E-state index in [0.29, 0.717) is 42.5 Å². The van der Waals surface area contributed by atoms with Gasteiger partial charge in [-0.25, -0.2) is 9.97 Å². The molecule has 53 heavy (non-hydrogen) atoms.